The van der Waals surface area contributed by atoms with Crippen LogP contribution >= 0.6 is 11.3 Å². The maximum atomic E-state index is 4.32. The third-order valence-electron chi connectivity index (χ3n) is 2.90. The second kappa shape index (κ2) is 5.58. The van der Waals surface area contributed by atoms with Gasteiger partial charge >= 0.3 is 0 Å². The standard InChI is InChI=1S/C11H19N3S/c1-9(11-13-6-7-15-11)14-8-10-4-2-3-5-12-10/h6-7,9-10,12,14H,2-5,8H2,1H3. The van der Waals surface area contributed by atoms with Crippen molar-refractivity contribution in [2.24, 2.45) is 0 Å². The minimum absolute atomic E-state index is 0.383. The second-order valence-corrected chi connectivity index (χ2v) is 5.07. The fourth-order valence-corrected chi connectivity index (χ4v) is 2.62. The van der Waals surface area contributed by atoms with Gasteiger partial charge in [-0.05, 0) is 26.3 Å². The molecule has 2 atom stereocenters. The molecule has 0 amide bonds. The molecule has 0 bridgehead atoms. The van der Waals surface area contributed by atoms with Crippen LogP contribution in [-0.2, 0) is 0 Å². The van der Waals surface area contributed by atoms with Crippen molar-refractivity contribution in [3.8, 4) is 0 Å². The number of hydrogen-bond acceptors (Lipinski definition) is 4. The van der Waals surface area contributed by atoms with E-state index in [1.807, 2.05) is 11.6 Å². The molecule has 2 N–H and O–H groups in total. The van der Waals surface area contributed by atoms with Gasteiger partial charge in [-0.1, -0.05) is 6.42 Å². The highest BCUT2D eigenvalue weighted by atomic mass is 32.1. The first kappa shape index (κ1) is 11.0. The van der Waals surface area contributed by atoms with Gasteiger partial charge in [0.15, 0.2) is 0 Å². The van der Waals surface area contributed by atoms with E-state index in [2.05, 4.69) is 22.5 Å². The lowest BCUT2D eigenvalue weighted by molar-refractivity contribution is 0.371. The molecule has 1 aromatic heterocycles. The fraction of sp³-hybridized carbons (Fsp3) is 0.727. The van der Waals surface area contributed by atoms with Gasteiger partial charge in [-0.15, -0.1) is 11.3 Å². The van der Waals surface area contributed by atoms with Gasteiger partial charge in [0.1, 0.15) is 5.01 Å². The molecule has 2 heterocycles. The maximum absolute atomic E-state index is 4.32. The van der Waals surface area contributed by atoms with Gasteiger partial charge in [-0.3, -0.25) is 0 Å². The molecule has 1 aliphatic heterocycles. The van der Waals surface area contributed by atoms with Gasteiger partial charge in [0.25, 0.3) is 0 Å². The summed E-state index contributed by atoms with van der Waals surface area (Å²) in [5.41, 5.74) is 0. The van der Waals surface area contributed by atoms with Gasteiger partial charge < -0.3 is 10.6 Å². The summed E-state index contributed by atoms with van der Waals surface area (Å²) in [6.07, 6.45) is 5.87. The molecule has 84 valence electrons. The van der Waals surface area contributed by atoms with Crippen LogP contribution in [0.4, 0.5) is 0 Å². The van der Waals surface area contributed by atoms with Gasteiger partial charge in [-0.25, -0.2) is 4.98 Å². The van der Waals surface area contributed by atoms with Crippen LogP contribution in [0, 0.1) is 0 Å². The lowest BCUT2D eigenvalue weighted by Crippen LogP contribution is -2.42. The van der Waals surface area contributed by atoms with E-state index in [0.29, 0.717) is 12.1 Å². The van der Waals surface area contributed by atoms with Crippen LogP contribution in [0.3, 0.4) is 0 Å². The molecule has 2 rings (SSSR count). The smallest absolute Gasteiger partial charge is 0.109 e. The normalized spacial score (nSPS) is 23.9. The van der Waals surface area contributed by atoms with E-state index in [-0.39, 0.29) is 0 Å². The topological polar surface area (TPSA) is 37.0 Å². The molecular weight excluding hydrogens is 206 g/mol. The average Bonchev–Trinajstić information content (AvgIpc) is 2.81. The molecule has 15 heavy (non-hydrogen) atoms. The van der Waals surface area contributed by atoms with Crippen LogP contribution < -0.4 is 10.6 Å². The Hall–Kier alpha value is -0.450. The van der Waals surface area contributed by atoms with Crippen molar-refractivity contribution in [1.82, 2.24) is 15.6 Å². The molecule has 1 aromatic rings. The third-order valence-corrected chi connectivity index (χ3v) is 3.86. The van der Waals surface area contributed by atoms with Crippen LogP contribution in [0.1, 0.15) is 37.2 Å². The van der Waals surface area contributed by atoms with Gasteiger partial charge in [0, 0.05) is 24.2 Å². The quantitative estimate of drug-likeness (QED) is 0.822. The highest BCUT2D eigenvalue weighted by Gasteiger charge is 2.14. The maximum Gasteiger partial charge on any atom is 0.109 e. The molecule has 0 saturated carbocycles. The number of aromatic nitrogens is 1. The molecule has 0 spiro atoms. The highest BCUT2D eigenvalue weighted by molar-refractivity contribution is 7.09. The SMILES string of the molecule is CC(NCC1CCCCN1)c1nccs1. The zero-order valence-electron chi connectivity index (χ0n) is 9.20. The third kappa shape index (κ3) is 3.26. The van der Waals surface area contributed by atoms with Crippen molar-refractivity contribution in [2.45, 2.75) is 38.3 Å². The van der Waals surface area contributed by atoms with Crippen molar-refractivity contribution < 1.29 is 0 Å². The first-order valence-corrected chi connectivity index (χ1v) is 6.60. The van der Waals surface area contributed by atoms with E-state index in [0.717, 1.165) is 6.54 Å². The zero-order chi connectivity index (χ0) is 10.5. The fourth-order valence-electron chi connectivity index (χ4n) is 1.95. The van der Waals surface area contributed by atoms with Crippen LogP contribution in [-0.4, -0.2) is 24.1 Å². The van der Waals surface area contributed by atoms with Crippen molar-refractivity contribution in [3.63, 3.8) is 0 Å². The number of nitrogens with zero attached hydrogens (tertiary/aromatic N) is 1. The summed E-state index contributed by atoms with van der Waals surface area (Å²) in [6, 6.07) is 1.04. The van der Waals surface area contributed by atoms with Gasteiger partial charge in [-0.2, -0.15) is 0 Å². The van der Waals surface area contributed by atoms with Crippen molar-refractivity contribution in [2.75, 3.05) is 13.1 Å². The predicted octanol–water partition coefficient (Wildman–Crippen LogP) is 1.94. The molecule has 0 aromatic carbocycles. The minimum Gasteiger partial charge on any atom is -0.313 e. The van der Waals surface area contributed by atoms with E-state index in [9.17, 15) is 0 Å². The van der Waals surface area contributed by atoms with Gasteiger partial charge in [0.05, 0.1) is 6.04 Å². The number of thiazole rings is 1. The predicted molar refractivity (Wildman–Crippen MR) is 64.2 cm³/mol. The van der Waals surface area contributed by atoms with Crippen LogP contribution in [0.2, 0.25) is 0 Å². The lowest BCUT2D eigenvalue weighted by Gasteiger charge is -2.25. The summed E-state index contributed by atoms with van der Waals surface area (Å²) in [5.74, 6) is 0. The van der Waals surface area contributed by atoms with Crippen LogP contribution in [0.15, 0.2) is 11.6 Å². The largest absolute Gasteiger partial charge is 0.313 e. The number of piperidine rings is 1. The Labute approximate surface area is 95.3 Å². The van der Waals surface area contributed by atoms with E-state index < -0.39 is 0 Å². The summed E-state index contributed by atoms with van der Waals surface area (Å²) in [4.78, 5) is 4.32. The summed E-state index contributed by atoms with van der Waals surface area (Å²) in [6.45, 7) is 4.42. The summed E-state index contributed by atoms with van der Waals surface area (Å²) < 4.78 is 0. The molecule has 0 aliphatic carbocycles. The Bertz CT molecular complexity index is 267. The number of rotatable bonds is 4. The molecule has 1 saturated heterocycles. The van der Waals surface area contributed by atoms with Crippen LogP contribution in [0.5, 0.6) is 0 Å². The first-order chi connectivity index (χ1) is 7.36. The van der Waals surface area contributed by atoms with Crippen molar-refractivity contribution in [1.29, 1.82) is 0 Å². The molecule has 1 aliphatic rings. The second-order valence-electron chi connectivity index (χ2n) is 4.15. The number of hydrogen-bond donors (Lipinski definition) is 2. The Morgan fingerprint density at radius 1 is 1.67 bits per heavy atom. The van der Waals surface area contributed by atoms with Crippen LogP contribution in [0.25, 0.3) is 0 Å². The van der Waals surface area contributed by atoms with Crippen molar-refractivity contribution >= 4 is 11.3 Å². The molecule has 1 fully saturated rings. The van der Waals surface area contributed by atoms with Crippen molar-refractivity contribution in [3.05, 3.63) is 16.6 Å². The number of nitrogens with one attached hydrogen (secondary N) is 2. The Kier molecular flexibility index (Phi) is 4.11. The Morgan fingerprint density at radius 3 is 3.27 bits per heavy atom. The monoisotopic (exact) mass is 225 g/mol. The Balaban J connectivity index is 1.73. The summed E-state index contributed by atoms with van der Waals surface area (Å²) >= 11 is 1.72. The summed E-state index contributed by atoms with van der Waals surface area (Å²) in [7, 11) is 0. The molecular formula is C11H19N3S. The zero-order valence-corrected chi connectivity index (χ0v) is 10.0. The molecule has 2 unspecified atom stereocenters. The van der Waals surface area contributed by atoms with E-state index in [4.69, 9.17) is 0 Å². The first-order valence-electron chi connectivity index (χ1n) is 5.72. The summed E-state index contributed by atoms with van der Waals surface area (Å²) in [5, 5.41) is 10.3. The highest BCUT2D eigenvalue weighted by Crippen LogP contribution is 2.15. The molecule has 3 nitrogen and oxygen atoms in total. The van der Waals surface area contributed by atoms with Gasteiger partial charge in [0.2, 0.25) is 0 Å². The molecule has 0 radical (unpaired) electrons. The van der Waals surface area contributed by atoms with E-state index in [1.165, 1.54) is 30.8 Å². The van der Waals surface area contributed by atoms with E-state index >= 15 is 0 Å². The average molecular weight is 225 g/mol. The Morgan fingerprint density at radius 2 is 2.60 bits per heavy atom. The molecule has 4 heteroatoms. The lowest BCUT2D eigenvalue weighted by atomic mass is 10.1. The van der Waals surface area contributed by atoms with E-state index in [1.54, 1.807) is 11.3 Å². The minimum atomic E-state index is 0.383.